The first-order valence-corrected chi connectivity index (χ1v) is 9.35. The van der Waals surface area contributed by atoms with Crippen molar-refractivity contribution in [3.63, 3.8) is 0 Å². The van der Waals surface area contributed by atoms with E-state index in [0.717, 1.165) is 53.8 Å². The Balaban J connectivity index is 2.06. The van der Waals surface area contributed by atoms with E-state index in [9.17, 15) is 0 Å². The predicted molar refractivity (Wildman–Crippen MR) is 94.1 cm³/mol. The quantitative estimate of drug-likeness (QED) is 0.593. The molecule has 4 nitrogen and oxygen atoms in total. The summed E-state index contributed by atoms with van der Waals surface area (Å²) >= 11 is 3.59. The van der Waals surface area contributed by atoms with E-state index in [1.807, 2.05) is 12.1 Å². The fourth-order valence-corrected chi connectivity index (χ4v) is 2.83. The molecule has 1 unspecified atom stereocenters. The average Bonchev–Trinajstić information content (AvgIpc) is 2.59. The minimum Gasteiger partial charge on any atom is -0.492 e. The third kappa shape index (κ3) is 5.98. The van der Waals surface area contributed by atoms with Gasteiger partial charge in [0.05, 0.1) is 19.8 Å². The smallest absolute Gasteiger partial charge is 0.158 e. The summed E-state index contributed by atoms with van der Waals surface area (Å²) in [4.78, 5) is 0. The van der Waals surface area contributed by atoms with Crippen molar-refractivity contribution in [3.05, 3.63) is 22.2 Å². The van der Waals surface area contributed by atoms with Crippen molar-refractivity contribution in [2.45, 2.75) is 58.8 Å². The van der Waals surface area contributed by atoms with Crippen LogP contribution in [0, 0.1) is 0 Å². The third-order valence-corrected chi connectivity index (χ3v) is 4.34. The van der Waals surface area contributed by atoms with Gasteiger partial charge in [-0.3, -0.25) is 0 Å². The lowest BCUT2D eigenvalue weighted by Gasteiger charge is -2.23. The van der Waals surface area contributed by atoms with Gasteiger partial charge in [0.1, 0.15) is 16.0 Å². The van der Waals surface area contributed by atoms with Gasteiger partial charge in [-0.1, -0.05) is 13.8 Å². The molecule has 1 aromatic carbocycles. The van der Waals surface area contributed by atoms with E-state index in [1.54, 1.807) is 0 Å². The summed E-state index contributed by atoms with van der Waals surface area (Å²) in [6, 6.07) is 4.03. The minimum absolute atomic E-state index is 0.0904. The zero-order chi connectivity index (χ0) is 16.5. The molecule has 1 heterocycles. The van der Waals surface area contributed by atoms with Crippen molar-refractivity contribution in [1.82, 2.24) is 0 Å². The molecule has 1 atom stereocenters. The second-order valence-electron chi connectivity index (χ2n) is 5.71. The van der Waals surface area contributed by atoms with Crippen molar-refractivity contribution < 1.29 is 18.9 Å². The first-order chi connectivity index (χ1) is 11.2. The van der Waals surface area contributed by atoms with Crippen LogP contribution in [0.2, 0.25) is 0 Å². The van der Waals surface area contributed by atoms with Gasteiger partial charge in [-0.25, -0.2) is 0 Å². The second-order valence-corrected chi connectivity index (χ2v) is 6.50. The van der Waals surface area contributed by atoms with Crippen molar-refractivity contribution in [1.29, 1.82) is 0 Å². The molecule has 0 N–H and O–H groups in total. The zero-order valence-electron chi connectivity index (χ0n) is 14.1. The van der Waals surface area contributed by atoms with Crippen LogP contribution in [0.4, 0.5) is 0 Å². The Morgan fingerprint density at radius 2 is 1.74 bits per heavy atom. The second kappa shape index (κ2) is 10.2. The predicted octanol–water partition coefficient (Wildman–Crippen LogP) is 5.07. The molecule has 1 saturated heterocycles. The highest BCUT2D eigenvalue weighted by Gasteiger charge is 2.16. The summed E-state index contributed by atoms with van der Waals surface area (Å²) in [7, 11) is 0. The highest BCUT2D eigenvalue weighted by Crippen LogP contribution is 2.36. The molecule has 0 aliphatic carbocycles. The normalized spacial score (nSPS) is 18.0. The number of ether oxygens (including phenoxy) is 4. The lowest BCUT2D eigenvalue weighted by atomic mass is 10.2. The molecule has 0 aromatic heterocycles. The minimum atomic E-state index is -0.0904. The largest absolute Gasteiger partial charge is 0.492 e. The van der Waals surface area contributed by atoms with Crippen LogP contribution in [0.15, 0.2) is 16.6 Å². The highest BCUT2D eigenvalue weighted by molar-refractivity contribution is 9.10. The molecular formula is C18H27BrO4. The summed E-state index contributed by atoms with van der Waals surface area (Å²) in [6.45, 7) is 6.85. The van der Waals surface area contributed by atoms with Crippen LogP contribution in [-0.4, -0.2) is 26.1 Å². The molecule has 130 valence electrons. The van der Waals surface area contributed by atoms with Crippen LogP contribution in [0.1, 0.15) is 51.5 Å². The van der Waals surface area contributed by atoms with Gasteiger partial charge in [-0.15, -0.1) is 0 Å². The van der Waals surface area contributed by atoms with E-state index < -0.39 is 0 Å². The number of rotatable bonds is 9. The van der Waals surface area contributed by atoms with E-state index in [1.165, 1.54) is 6.42 Å². The molecule has 0 bridgehead atoms. The lowest BCUT2D eigenvalue weighted by Crippen LogP contribution is -2.22. The van der Waals surface area contributed by atoms with E-state index >= 15 is 0 Å². The summed E-state index contributed by atoms with van der Waals surface area (Å²) < 4.78 is 24.0. The van der Waals surface area contributed by atoms with E-state index in [2.05, 4.69) is 29.8 Å². The van der Waals surface area contributed by atoms with E-state index in [0.29, 0.717) is 19.8 Å². The topological polar surface area (TPSA) is 36.9 Å². The van der Waals surface area contributed by atoms with Crippen LogP contribution in [0.25, 0.3) is 0 Å². The van der Waals surface area contributed by atoms with Gasteiger partial charge in [0.2, 0.25) is 0 Å². The van der Waals surface area contributed by atoms with Crippen LogP contribution in [-0.2, 0) is 16.1 Å². The standard InChI is InChI=1S/C18H27BrO4/c1-3-8-20-15-11-14(12-16(18(15)19)21-9-4-2)13-23-17-7-5-6-10-22-17/h11-12,17H,3-10,13H2,1-2H3. The molecule has 0 amide bonds. The zero-order valence-corrected chi connectivity index (χ0v) is 15.7. The molecule has 5 heteroatoms. The van der Waals surface area contributed by atoms with Gasteiger partial charge in [0.15, 0.2) is 6.29 Å². The summed E-state index contributed by atoms with van der Waals surface area (Å²) in [6.07, 6.45) is 5.10. The summed E-state index contributed by atoms with van der Waals surface area (Å²) in [5.41, 5.74) is 1.04. The van der Waals surface area contributed by atoms with Crippen molar-refractivity contribution in [3.8, 4) is 11.5 Å². The Bertz CT molecular complexity index is 443. The first-order valence-electron chi connectivity index (χ1n) is 8.55. The highest BCUT2D eigenvalue weighted by atomic mass is 79.9. The lowest BCUT2D eigenvalue weighted by molar-refractivity contribution is -0.168. The monoisotopic (exact) mass is 386 g/mol. The Morgan fingerprint density at radius 1 is 1.09 bits per heavy atom. The Labute approximate surface area is 147 Å². The summed E-state index contributed by atoms with van der Waals surface area (Å²) in [5.74, 6) is 1.62. The van der Waals surface area contributed by atoms with Gasteiger partial charge in [0.25, 0.3) is 0 Å². The molecule has 0 radical (unpaired) electrons. The average molecular weight is 387 g/mol. The maximum absolute atomic E-state index is 5.88. The van der Waals surface area contributed by atoms with Gasteiger partial charge in [-0.05, 0) is 65.7 Å². The SMILES string of the molecule is CCCOc1cc(COC2CCCCO2)cc(OCCC)c1Br. The van der Waals surface area contributed by atoms with Crippen molar-refractivity contribution >= 4 is 15.9 Å². The Morgan fingerprint density at radius 3 is 2.26 bits per heavy atom. The molecule has 0 saturated carbocycles. The van der Waals surface area contributed by atoms with Crippen LogP contribution in [0.5, 0.6) is 11.5 Å². The van der Waals surface area contributed by atoms with Gasteiger partial charge in [0, 0.05) is 6.61 Å². The molecule has 1 fully saturated rings. The van der Waals surface area contributed by atoms with Crippen LogP contribution >= 0.6 is 15.9 Å². The maximum Gasteiger partial charge on any atom is 0.158 e. The molecule has 1 aromatic rings. The Kier molecular flexibility index (Phi) is 8.20. The van der Waals surface area contributed by atoms with Gasteiger partial charge >= 0.3 is 0 Å². The van der Waals surface area contributed by atoms with E-state index in [-0.39, 0.29) is 6.29 Å². The number of halogens is 1. The number of hydrogen-bond donors (Lipinski definition) is 0. The first kappa shape index (κ1) is 18.6. The maximum atomic E-state index is 5.88. The molecule has 1 aliphatic rings. The van der Waals surface area contributed by atoms with Crippen LogP contribution < -0.4 is 9.47 Å². The molecular weight excluding hydrogens is 360 g/mol. The van der Waals surface area contributed by atoms with Gasteiger partial charge in [-0.2, -0.15) is 0 Å². The molecule has 1 aliphatic heterocycles. The van der Waals surface area contributed by atoms with Crippen LogP contribution in [0.3, 0.4) is 0 Å². The Hall–Kier alpha value is -0.780. The van der Waals surface area contributed by atoms with Gasteiger partial charge < -0.3 is 18.9 Å². The molecule has 2 rings (SSSR count). The molecule has 23 heavy (non-hydrogen) atoms. The number of hydrogen-bond acceptors (Lipinski definition) is 4. The van der Waals surface area contributed by atoms with E-state index in [4.69, 9.17) is 18.9 Å². The van der Waals surface area contributed by atoms with Crippen molar-refractivity contribution in [2.75, 3.05) is 19.8 Å². The fourth-order valence-electron chi connectivity index (χ4n) is 2.38. The van der Waals surface area contributed by atoms with Crippen molar-refractivity contribution in [2.24, 2.45) is 0 Å². The number of benzene rings is 1. The molecule has 0 spiro atoms. The third-order valence-electron chi connectivity index (χ3n) is 3.56. The fraction of sp³-hybridized carbons (Fsp3) is 0.667. The summed E-state index contributed by atoms with van der Waals surface area (Å²) in [5, 5.41) is 0.